The SMILES string of the molecule is COc1ccc(CC(=O)Oc2ccc3c(c2)OC(N)=C(C#N)C3c2cc(Br)ccc2OC)cc1. The molecule has 0 aliphatic carbocycles. The molecule has 1 atom stereocenters. The molecule has 1 aliphatic heterocycles. The van der Waals surface area contributed by atoms with Gasteiger partial charge in [0.2, 0.25) is 5.88 Å². The normalized spacial score (nSPS) is 14.5. The molecule has 0 spiro atoms. The maximum atomic E-state index is 12.5. The third-order valence-electron chi connectivity index (χ3n) is 5.43. The first-order valence-corrected chi connectivity index (χ1v) is 11.1. The van der Waals surface area contributed by atoms with Crippen molar-refractivity contribution in [3.05, 3.63) is 93.3 Å². The van der Waals surface area contributed by atoms with E-state index in [9.17, 15) is 10.1 Å². The third-order valence-corrected chi connectivity index (χ3v) is 5.93. The molecule has 8 heteroatoms. The van der Waals surface area contributed by atoms with E-state index in [1.807, 2.05) is 18.2 Å². The molecule has 34 heavy (non-hydrogen) atoms. The van der Waals surface area contributed by atoms with Crippen molar-refractivity contribution in [1.82, 2.24) is 0 Å². The minimum atomic E-state index is -0.509. The van der Waals surface area contributed by atoms with E-state index in [2.05, 4.69) is 22.0 Å². The number of allylic oxidation sites excluding steroid dienone is 1. The maximum Gasteiger partial charge on any atom is 0.315 e. The Labute approximate surface area is 205 Å². The van der Waals surface area contributed by atoms with Gasteiger partial charge in [-0.1, -0.05) is 34.1 Å². The minimum Gasteiger partial charge on any atom is -0.497 e. The van der Waals surface area contributed by atoms with Gasteiger partial charge in [0.15, 0.2) is 0 Å². The smallest absolute Gasteiger partial charge is 0.315 e. The topological polar surface area (TPSA) is 104 Å². The quantitative estimate of drug-likeness (QED) is 0.366. The molecule has 2 N–H and O–H groups in total. The number of esters is 1. The summed E-state index contributed by atoms with van der Waals surface area (Å²) in [4.78, 5) is 12.5. The summed E-state index contributed by atoms with van der Waals surface area (Å²) in [6.07, 6.45) is 0.0976. The number of carbonyl (C=O) groups is 1. The molecule has 3 aromatic carbocycles. The summed E-state index contributed by atoms with van der Waals surface area (Å²) in [5, 5.41) is 9.80. The number of nitrogens with zero attached hydrogens (tertiary/aromatic N) is 1. The summed E-state index contributed by atoms with van der Waals surface area (Å²) in [7, 11) is 3.15. The third kappa shape index (κ3) is 4.70. The van der Waals surface area contributed by atoms with Crippen molar-refractivity contribution in [2.75, 3.05) is 14.2 Å². The van der Waals surface area contributed by atoms with Crippen LogP contribution < -0.4 is 24.7 Å². The highest BCUT2D eigenvalue weighted by Crippen LogP contribution is 2.46. The first-order chi connectivity index (χ1) is 16.4. The molecule has 0 radical (unpaired) electrons. The van der Waals surface area contributed by atoms with Gasteiger partial charge < -0.3 is 24.7 Å². The van der Waals surface area contributed by atoms with Crippen LogP contribution in [0, 0.1) is 11.3 Å². The zero-order chi connectivity index (χ0) is 24.2. The van der Waals surface area contributed by atoms with Crippen molar-refractivity contribution < 1.29 is 23.7 Å². The fourth-order valence-corrected chi connectivity index (χ4v) is 4.21. The number of carbonyl (C=O) groups excluding carboxylic acids is 1. The summed E-state index contributed by atoms with van der Waals surface area (Å²) >= 11 is 3.48. The number of nitrogens with two attached hydrogens (primary N) is 1. The summed E-state index contributed by atoms with van der Waals surface area (Å²) in [6, 6.07) is 19.9. The number of halogens is 1. The second kappa shape index (κ2) is 9.89. The number of benzene rings is 3. The Kier molecular flexibility index (Phi) is 6.75. The Morgan fingerprint density at radius 2 is 1.76 bits per heavy atom. The summed E-state index contributed by atoms with van der Waals surface area (Å²) in [5.74, 6) is 1.09. The van der Waals surface area contributed by atoms with E-state index >= 15 is 0 Å². The highest BCUT2D eigenvalue weighted by molar-refractivity contribution is 9.10. The fourth-order valence-electron chi connectivity index (χ4n) is 3.83. The number of hydrogen-bond acceptors (Lipinski definition) is 7. The second-order valence-electron chi connectivity index (χ2n) is 7.51. The molecule has 0 saturated heterocycles. The second-order valence-corrected chi connectivity index (χ2v) is 8.43. The molecule has 1 aliphatic rings. The van der Waals surface area contributed by atoms with Gasteiger partial charge in [0.25, 0.3) is 0 Å². The lowest BCUT2D eigenvalue weighted by molar-refractivity contribution is -0.133. The predicted molar refractivity (Wildman–Crippen MR) is 129 cm³/mol. The van der Waals surface area contributed by atoms with Crippen molar-refractivity contribution in [2.45, 2.75) is 12.3 Å². The number of nitriles is 1. The molecule has 3 aromatic rings. The van der Waals surface area contributed by atoms with Gasteiger partial charge in [-0.05, 0) is 42.0 Å². The highest BCUT2D eigenvalue weighted by Gasteiger charge is 2.33. The lowest BCUT2D eigenvalue weighted by Gasteiger charge is -2.27. The highest BCUT2D eigenvalue weighted by atomic mass is 79.9. The monoisotopic (exact) mass is 520 g/mol. The van der Waals surface area contributed by atoms with Gasteiger partial charge in [-0.15, -0.1) is 0 Å². The van der Waals surface area contributed by atoms with Gasteiger partial charge >= 0.3 is 5.97 Å². The van der Waals surface area contributed by atoms with Crippen LogP contribution in [-0.4, -0.2) is 20.2 Å². The van der Waals surface area contributed by atoms with E-state index in [0.29, 0.717) is 28.6 Å². The molecule has 1 unspecified atom stereocenters. The molecular formula is C26H21BrN2O5. The van der Waals surface area contributed by atoms with Crippen LogP contribution in [0.5, 0.6) is 23.0 Å². The summed E-state index contributed by atoms with van der Waals surface area (Å²) in [6.45, 7) is 0. The number of methoxy groups -OCH3 is 2. The van der Waals surface area contributed by atoms with E-state index in [-0.39, 0.29) is 17.9 Å². The van der Waals surface area contributed by atoms with Crippen molar-refractivity contribution in [2.24, 2.45) is 5.73 Å². The van der Waals surface area contributed by atoms with Crippen LogP contribution in [0.2, 0.25) is 0 Å². The van der Waals surface area contributed by atoms with Gasteiger partial charge in [-0.3, -0.25) is 4.79 Å². The summed E-state index contributed by atoms with van der Waals surface area (Å²) < 4.78 is 22.8. The van der Waals surface area contributed by atoms with Crippen molar-refractivity contribution in [3.8, 4) is 29.1 Å². The molecule has 0 saturated carbocycles. The van der Waals surface area contributed by atoms with E-state index in [0.717, 1.165) is 15.6 Å². The molecule has 7 nitrogen and oxygen atoms in total. The Balaban J connectivity index is 1.63. The van der Waals surface area contributed by atoms with Crippen molar-refractivity contribution in [3.63, 3.8) is 0 Å². The molecule has 0 aromatic heterocycles. The average Bonchev–Trinajstić information content (AvgIpc) is 2.83. The first kappa shape index (κ1) is 23.2. The number of fused-ring (bicyclic) bond motifs is 1. The molecule has 4 rings (SSSR count). The van der Waals surface area contributed by atoms with Gasteiger partial charge in [0.1, 0.15) is 34.6 Å². The van der Waals surface area contributed by atoms with Gasteiger partial charge in [-0.2, -0.15) is 5.26 Å². The van der Waals surface area contributed by atoms with E-state index in [4.69, 9.17) is 24.7 Å². The van der Waals surface area contributed by atoms with Crippen LogP contribution in [0.15, 0.2) is 76.6 Å². The minimum absolute atomic E-state index is 0.0104. The summed E-state index contributed by atoms with van der Waals surface area (Å²) in [5.41, 5.74) is 8.63. The van der Waals surface area contributed by atoms with Crippen LogP contribution in [0.4, 0.5) is 0 Å². The number of hydrogen-bond donors (Lipinski definition) is 1. The van der Waals surface area contributed by atoms with Crippen molar-refractivity contribution >= 4 is 21.9 Å². The van der Waals surface area contributed by atoms with E-state index < -0.39 is 11.9 Å². The van der Waals surface area contributed by atoms with Crippen LogP contribution >= 0.6 is 15.9 Å². The zero-order valence-electron chi connectivity index (χ0n) is 18.5. The first-order valence-electron chi connectivity index (χ1n) is 10.3. The molecule has 1 heterocycles. The van der Waals surface area contributed by atoms with Crippen LogP contribution in [0.25, 0.3) is 0 Å². The van der Waals surface area contributed by atoms with Crippen molar-refractivity contribution in [1.29, 1.82) is 5.26 Å². The lowest BCUT2D eigenvalue weighted by Crippen LogP contribution is -2.21. The van der Waals surface area contributed by atoms with Crippen LogP contribution in [0.3, 0.4) is 0 Å². The largest absolute Gasteiger partial charge is 0.497 e. The van der Waals surface area contributed by atoms with Crippen LogP contribution in [-0.2, 0) is 11.2 Å². The van der Waals surface area contributed by atoms with Crippen LogP contribution in [0.1, 0.15) is 22.6 Å². The van der Waals surface area contributed by atoms with E-state index in [1.165, 1.54) is 0 Å². The maximum absolute atomic E-state index is 12.5. The number of ether oxygens (including phenoxy) is 4. The lowest BCUT2D eigenvalue weighted by atomic mass is 9.83. The Morgan fingerprint density at radius 1 is 1.03 bits per heavy atom. The van der Waals surface area contributed by atoms with Gasteiger partial charge in [-0.25, -0.2) is 0 Å². The number of rotatable bonds is 6. The molecule has 0 bridgehead atoms. The Hall–Kier alpha value is -3.96. The standard InChI is InChI=1S/C26H21BrN2O5/c1-31-17-6-3-15(4-7-17)11-24(30)33-18-8-9-19-23(13-18)34-26(29)21(14-28)25(19)20-12-16(27)5-10-22(20)32-2/h3-10,12-13,25H,11,29H2,1-2H3. The Morgan fingerprint density at radius 3 is 2.44 bits per heavy atom. The predicted octanol–water partition coefficient (Wildman–Crippen LogP) is 4.83. The molecular weight excluding hydrogens is 500 g/mol. The molecule has 0 amide bonds. The van der Waals surface area contributed by atoms with Gasteiger partial charge in [0, 0.05) is 21.7 Å². The van der Waals surface area contributed by atoms with E-state index in [1.54, 1.807) is 56.7 Å². The molecule has 172 valence electrons. The molecule has 0 fully saturated rings. The fraction of sp³-hybridized carbons (Fsp3) is 0.154. The Bertz CT molecular complexity index is 1310. The average molecular weight is 521 g/mol. The van der Waals surface area contributed by atoms with Gasteiger partial charge in [0.05, 0.1) is 26.6 Å². The zero-order valence-corrected chi connectivity index (χ0v) is 20.1.